The lowest BCUT2D eigenvalue weighted by Crippen LogP contribution is -2.18. The Balaban J connectivity index is 1.02. The van der Waals surface area contributed by atoms with Crippen LogP contribution in [0.1, 0.15) is 50.5 Å². The quantitative estimate of drug-likeness (QED) is 0.129. The number of fused-ring (bicyclic) bond motifs is 3. The van der Waals surface area contributed by atoms with Gasteiger partial charge in [-0.2, -0.15) is 0 Å². The molecule has 0 spiro atoms. The predicted octanol–water partition coefficient (Wildman–Crippen LogP) is 15.6. The van der Waals surface area contributed by atoms with Gasteiger partial charge in [-0.1, -0.05) is 152 Å². The standard InChI is InChI=1S/C54H47NS/c1-2-3-4-6-12-39-19-21-41(22-20-39)44-27-33-47(34-28-44)55(48-35-29-45(30-36-48)43-25-23-42(24-26-43)40-13-7-5-8-14-40)49-37-31-46(32-38-49)50-16-11-17-52-51-15-9-10-18-53(51)56-54(50)52/h2-7,9-13,15-19,21-23,25,27-29,31-35,37-39H,1,8,14,20,24,26,30,36H2/b4-3-,12-6+. The van der Waals surface area contributed by atoms with Crippen LogP contribution in [0, 0.1) is 5.92 Å². The van der Waals surface area contributed by atoms with Gasteiger partial charge in [0, 0.05) is 37.2 Å². The van der Waals surface area contributed by atoms with Gasteiger partial charge in [0.1, 0.15) is 0 Å². The maximum absolute atomic E-state index is 3.76. The molecule has 0 N–H and O–H groups in total. The van der Waals surface area contributed by atoms with Crippen LogP contribution in [0.5, 0.6) is 0 Å². The van der Waals surface area contributed by atoms with Crippen LogP contribution in [0.15, 0.2) is 217 Å². The maximum Gasteiger partial charge on any atom is 0.0458 e. The minimum Gasteiger partial charge on any atom is -0.314 e. The SMILES string of the molecule is C=C/C=C\C=C\C1C=CC(c2ccc(N(C3=CC=C(C4=CC=C(C5=CC=CCC5)CC4)CC3)c3ccc(-c4cccc5c4sc4ccccc45)cc3)cc2)=CC1. The summed E-state index contributed by atoms with van der Waals surface area (Å²) >= 11 is 1.89. The van der Waals surface area contributed by atoms with Crippen molar-refractivity contribution in [2.24, 2.45) is 5.92 Å². The molecule has 4 aliphatic rings. The smallest absolute Gasteiger partial charge is 0.0458 e. The first-order valence-electron chi connectivity index (χ1n) is 20.1. The number of anilines is 2. The summed E-state index contributed by atoms with van der Waals surface area (Å²) in [4.78, 5) is 2.47. The molecular weight excluding hydrogens is 695 g/mol. The highest BCUT2D eigenvalue weighted by atomic mass is 32.1. The van der Waals surface area contributed by atoms with Crippen LogP contribution >= 0.6 is 11.3 Å². The van der Waals surface area contributed by atoms with Crippen molar-refractivity contribution in [1.82, 2.24) is 0 Å². The molecule has 1 atom stereocenters. The van der Waals surface area contributed by atoms with Crippen molar-refractivity contribution in [3.8, 4) is 11.1 Å². The summed E-state index contributed by atoms with van der Waals surface area (Å²) < 4.78 is 2.69. The van der Waals surface area contributed by atoms with Gasteiger partial charge in [0.25, 0.3) is 0 Å². The van der Waals surface area contributed by atoms with E-state index in [2.05, 4.69) is 175 Å². The molecule has 1 unspecified atom stereocenters. The summed E-state index contributed by atoms with van der Waals surface area (Å²) in [5.74, 6) is 0.419. The second kappa shape index (κ2) is 16.4. The van der Waals surface area contributed by atoms with E-state index < -0.39 is 0 Å². The molecular formula is C54H47NS. The Kier molecular flexibility index (Phi) is 10.5. The molecule has 1 heterocycles. The number of thiophene rings is 1. The van der Waals surface area contributed by atoms with Crippen LogP contribution in [-0.2, 0) is 0 Å². The highest BCUT2D eigenvalue weighted by Gasteiger charge is 2.21. The molecule has 274 valence electrons. The van der Waals surface area contributed by atoms with Crippen LogP contribution in [0.3, 0.4) is 0 Å². The Morgan fingerprint density at radius 1 is 0.625 bits per heavy atom. The van der Waals surface area contributed by atoms with E-state index in [-0.39, 0.29) is 0 Å². The number of benzene rings is 4. The van der Waals surface area contributed by atoms with Gasteiger partial charge < -0.3 is 4.90 Å². The fraction of sp³-hybridized carbons (Fsp3) is 0.148. The fourth-order valence-corrected chi connectivity index (χ4v) is 9.75. The Bertz CT molecular complexity index is 2600. The first kappa shape index (κ1) is 35.7. The molecule has 0 bridgehead atoms. The maximum atomic E-state index is 3.76. The van der Waals surface area contributed by atoms with Crippen LogP contribution in [-0.4, -0.2) is 0 Å². The average Bonchev–Trinajstić information content (AvgIpc) is 3.66. The van der Waals surface area contributed by atoms with Crippen LogP contribution < -0.4 is 4.90 Å². The lowest BCUT2D eigenvalue weighted by Gasteiger charge is -2.31. The lowest BCUT2D eigenvalue weighted by atomic mass is 9.84. The first-order chi connectivity index (χ1) is 27.7. The van der Waals surface area contributed by atoms with E-state index in [9.17, 15) is 0 Å². The molecule has 0 amide bonds. The average molecular weight is 742 g/mol. The minimum absolute atomic E-state index is 0.419. The van der Waals surface area contributed by atoms with E-state index in [1.807, 2.05) is 29.6 Å². The molecule has 1 aromatic heterocycles. The lowest BCUT2D eigenvalue weighted by molar-refractivity contribution is 0.825. The molecule has 5 aromatic rings. The number of allylic oxidation sites excluding steroid dienone is 21. The van der Waals surface area contributed by atoms with Crippen LogP contribution in [0.25, 0.3) is 36.9 Å². The normalized spacial score (nSPS) is 18.5. The molecule has 2 heteroatoms. The zero-order valence-corrected chi connectivity index (χ0v) is 32.7. The minimum atomic E-state index is 0.419. The van der Waals surface area contributed by atoms with Crippen molar-refractivity contribution in [2.75, 3.05) is 4.90 Å². The molecule has 1 nitrogen and oxygen atoms in total. The molecule has 0 saturated heterocycles. The largest absolute Gasteiger partial charge is 0.314 e. The van der Waals surface area contributed by atoms with Gasteiger partial charge in [0.15, 0.2) is 0 Å². The van der Waals surface area contributed by atoms with Crippen LogP contribution in [0.2, 0.25) is 0 Å². The topological polar surface area (TPSA) is 3.24 Å². The molecule has 9 rings (SSSR count). The van der Waals surface area contributed by atoms with E-state index in [1.54, 1.807) is 0 Å². The van der Waals surface area contributed by atoms with Crippen LogP contribution in [0.4, 0.5) is 11.4 Å². The van der Waals surface area contributed by atoms with E-state index in [0.29, 0.717) is 5.92 Å². The fourth-order valence-electron chi connectivity index (χ4n) is 8.51. The van der Waals surface area contributed by atoms with Gasteiger partial charge in [0.05, 0.1) is 0 Å². The van der Waals surface area contributed by atoms with E-state index in [1.165, 1.54) is 88.2 Å². The Hall–Kier alpha value is -5.96. The van der Waals surface area contributed by atoms with Gasteiger partial charge in [-0.25, -0.2) is 0 Å². The summed E-state index contributed by atoms with van der Waals surface area (Å²) in [6.45, 7) is 3.76. The van der Waals surface area contributed by atoms with Crippen molar-refractivity contribution in [2.45, 2.75) is 44.9 Å². The second-order valence-electron chi connectivity index (χ2n) is 15.0. The molecule has 0 radical (unpaired) electrons. The van der Waals surface area contributed by atoms with Crippen molar-refractivity contribution < 1.29 is 0 Å². The zero-order valence-electron chi connectivity index (χ0n) is 31.9. The summed E-state index contributed by atoms with van der Waals surface area (Å²) in [6, 6.07) is 33.9. The molecule has 0 aliphatic heterocycles. The van der Waals surface area contributed by atoms with Crippen molar-refractivity contribution in [3.05, 3.63) is 222 Å². The Morgan fingerprint density at radius 2 is 1.32 bits per heavy atom. The number of hydrogen-bond acceptors (Lipinski definition) is 2. The van der Waals surface area contributed by atoms with Gasteiger partial charge in [-0.05, 0) is 132 Å². The van der Waals surface area contributed by atoms with E-state index in [0.717, 1.165) is 38.5 Å². The summed E-state index contributed by atoms with van der Waals surface area (Å²) in [6.07, 6.45) is 41.1. The number of hydrogen-bond donors (Lipinski definition) is 0. The Morgan fingerprint density at radius 3 is 1.98 bits per heavy atom. The third-order valence-corrected chi connectivity index (χ3v) is 12.8. The molecule has 0 fully saturated rings. The highest BCUT2D eigenvalue weighted by molar-refractivity contribution is 7.26. The van der Waals surface area contributed by atoms with Crippen molar-refractivity contribution in [3.63, 3.8) is 0 Å². The van der Waals surface area contributed by atoms with Crippen molar-refractivity contribution >= 4 is 48.5 Å². The summed E-state index contributed by atoms with van der Waals surface area (Å²) in [7, 11) is 0. The highest BCUT2D eigenvalue weighted by Crippen LogP contribution is 2.42. The van der Waals surface area contributed by atoms with E-state index >= 15 is 0 Å². The third-order valence-electron chi connectivity index (χ3n) is 11.6. The molecule has 0 saturated carbocycles. The first-order valence-corrected chi connectivity index (χ1v) is 20.9. The van der Waals surface area contributed by atoms with Gasteiger partial charge in [-0.3, -0.25) is 0 Å². The molecule has 56 heavy (non-hydrogen) atoms. The Labute approximate surface area is 336 Å². The molecule has 4 aliphatic carbocycles. The third kappa shape index (κ3) is 7.50. The van der Waals surface area contributed by atoms with Crippen molar-refractivity contribution in [1.29, 1.82) is 0 Å². The number of rotatable bonds is 10. The monoisotopic (exact) mass is 741 g/mol. The second-order valence-corrected chi connectivity index (χ2v) is 16.1. The summed E-state index contributed by atoms with van der Waals surface area (Å²) in [5, 5.41) is 2.67. The number of nitrogens with zero attached hydrogens (tertiary/aromatic N) is 1. The summed E-state index contributed by atoms with van der Waals surface area (Å²) in [5.41, 5.74) is 14.8. The predicted molar refractivity (Wildman–Crippen MR) is 244 cm³/mol. The zero-order chi connectivity index (χ0) is 37.7. The van der Waals surface area contributed by atoms with E-state index in [4.69, 9.17) is 0 Å². The van der Waals surface area contributed by atoms with Gasteiger partial charge in [0.2, 0.25) is 0 Å². The van der Waals surface area contributed by atoms with Gasteiger partial charge in [-0.15, -0.1) is 11.3 Å². The molecule has 4 aromatic carbocycles. The van der Waals surface area contributed by atoms with Gasteiger partial charge >= 0.3 is 0 Å².